The number of carbonyl (C=O) groups is 2. The lowest BCUT2D eigenvalue weighted by atomic mass is 9.96. The molecule has 1 aromatic carbocycles. The maximum Gasteiger partial charge on any atom is 0.262 e. The number of amides is 2. The van der Waals surface area contributed by atoms with E-state index in [4.69, 9.17) is 9.26 Å². The number of aromatic nitrogens is 2. The monoisotopic (exact) mass is 342 g/mol. The van der Waals surface area contributed by atoms with Gasteiger partial charge in [0, 0.05) is 25.9 Å². The Hall–Kier alpha value is -2.90. The highest BCUT2D eigenvalue weighted by atomic mass is 16.5. The van der Waals surface area contributed by atoms with Crippen molar-refractivity contribution in [1.29, 1.82) is 0 Å². The number of hydrogen-bond acceptors (Lipinski definition) is 6. The number of para-hydroxylation sites is 1. The van der Waals surface area contributed by atoms with Crippen molar-refractivity contribution in [3.8, 4) is 5.75 Å². The van der Waals surface area contributed by atoms with Crippen LogP contribution in [-0.2, 0) is 4.79 Å². The number of carbonyl (C=O) groups excluding carboxylic acids is 2. The number of anilines is 1. The zero-order chi connectivity index (χ0) is 17.4. The summed E-state index contributed by atoms with van der Waals surface area (Å²) in [5.41, 5.74) is 0.992. The van der Waals surface area contributed by atoms with Gasteiger partial charge in [0.15, 0.2) is 18.2 Å². The average Bonchev–Trinajstić information content (AvgIpc) is 3.07. The van der Waals surface area contributed by atoms with E-state index in [-0.39, 0.29) is 24.3 Å². The SMILES string of the molecule is Cc1nc([C@@H]2CCCN(C(=O)c3cccc4c3OCC(=O)N4)C2)no1. The number of fused-ring (bicyclic) bond motifs is 1. The van der Waals surface area contributed by atoms with Crippen LogP contribution in [-0.4, -0.2) is 46.6 Å². The molecule has 0 bridgehead atoms. The van der Waals surface area contributed by atoms with Crippen molar-refractivity contribution >= 4 is 17.5 Å². The highest BCUT2D eigenvalue weighted by Gasteiger charge is 2.31. The van der Waals surface area contributed by atoms with Crippen LogP contribution in [0.25, 0.3) is 0 Å². The molecule has 2 amide bonds. The number of hydrogen-bond donors (Lipinski definition) is 1. The van der Waals surface area contributed by atoms with Gasteiger partial charge in [-0.2, -0.15) is 4.98 Å². The summed E-state index contributed by atoms with van der Waals surface area (Å²) in [4.78, 5) is 30.5. The van der Waals surface area contributed by atoms with E-state index in [0.717, 1.165) is 12.8 Å². The highest BCUT2D eigenvalue weighted by molar-refractivity contribution is 6.03. The van der Waals surface area contributed by atoms with Crippen molar-refractivity contribution in [3.63, 3.8) is 0 Å². The Morgan fingerprint density at radius 3 is 3.08 bits per heavy atom. The van der Waals surface area contributed by atoms with Crippen molar-refractivity contribution in [2.24, 2.45) is 0 Å². The van der Waals surface area contributed by atoms with E-state index in [2.05, 4.69) is 15.5 Å². The number of rotatable bonds is 2. The van der Waals surface area contributed by atoms with Gasteiger partial charge in [0.2, 0.25) is 5.89 Å². The molecule has 2 aliphatic heterocycles. The Kier molecular flexibility index (Phi) is 3.87. The quantitative estimate of drug-likeness (QED) is 0.892. The standard InChI is InChI=1S/C17H18N4O4/c1-10-18-16(20-25-10)11-4-3-7-21(8-11)17(23)12-5-2-6-13-15(12)24-9-14(22)19-13/h2,5-6,11H,3-4,7-9H2,1H3,(H,19,22)/t11-/m1/s1. The number of nitrogens with one attached hydrogen (secondary N) is 1. The highest BCUT2D eigenvalue weighted by Crippen LogP contribution is 2.34. The average molecular weight is 342 g/mol. The number of ether oxygens (including phenoxy) is 1. The zero-order valence-corrected chi connectivity index (χ0v) is 13.8. The van der Waals surface area contributed by atoms with Crippen LogP contribution in [0.2, 0.25) is 0 Å². The summed E-state index contributed by atoms with van der Waals surface area (Å²) in [5, 5.41) is 6.72. The number of piperidine rings is 1. The molecular weight excluding hydrogens is 324 g/mol. The lowest BCUT2D eigenvalue weighted by molar-refractivity contribution is -0.118. The molecule has 0 aliphatic carbocycles. The predicted molar refractivity (Wildman–Crippen MR) is 87.5 cm³/mol. The van der Waals surface area contributed by atoms with Crippen LogP contribution in [0.15, 0.2) is 22.7 Å². The summed E-state index contributed by atoms with van der Waals surface area (Å²) in [7, 11) is 0. The van der Waals surface area contributed by atoms with E-state index in [0.29, 0.717) is 41.8 Å². The Balaban J connectivity index is 1.57. The van der Waals surface area contributed by atoms with Crippen molar-refractivity contribution in [2.75, 3.05) is 25.0 Å². The fourth-order valence-electron chi connectivity index (χ4n) is 3.31. The molecule has 0 saturated carbocycles. The minimum Gasteiger partial charge on any atom is -0.481 e. The molecule has 25 heavy (non-hydrogen) atoms. The molecule has 0 radical (unpaired) electrons. The second kappa shape index (κ2) is 6.19. The van der Waals surface area contributed by atoms with Gasteiger partial charge in [-0.05, 0) is 25.0 Å². The third kappa shape index (κ3) is 2.95. The topological polar surface area (TPSA) is 97.6 Å². The van der Waals surface area contributed by atoms with Gasteiger partial charge in [0.05, 0.1) is 11.3 Å². The van der Waals surface area contributed by atoms with Crippen molar-refractivity contribution in [2.45, 2.75) is 25.7 Å². The predicted octanol–water partition coefficient (Wildman–Crippen LogP) is 1.73. The van der Waals surface area contributed by atoms with Crippen molar-refractivity contribution in [3.05, 3.63) is 35.5 Å². The van der Waals surface area contributed by atoms with Gasteiger partial charge in [0.25, 0.3) is 11.8 Å². The molecule has 8 nitrogen and oxygen atoms in total. The molecule has 130 valence electrons. The van der Waals surface area contributed by atoms with E-state index < -0.39 is 0 Å². The van der Waals surface area contributed by atoms with Crippen LogP contribution >= 0.6 is 0 Å². The van der Waals surface area contributed by atoms with Crippen LogP contribution in [0.1, 0.15) is 40.8 Å². The molecular formula is C17H18N4O4. The number of likely N-dealkylation sites (tertiary alicyclic amines) is 1. The summed E-state index contributed by atoms with van der Waals surface area (Å²) in [6.07, 6.45) is 1.79. The lowest BCUT2D eigenvalue weighted by Gasteiger charge is -2.32. The van der Waals surface area contributed by atoms with Crippen LogP contribution in [0.4, 0.5) is 5.69 Å². The molecule has 1 atom stereocenters. The first kappa shape index (κ1) is 15.6. The van der Waals surface area contributed by atoms with E-state index in [1.807, 2.05) is 0 Å². The van der Waals surface area contributed by atoms with Gasteiger partial charge in [-0.25, -0.2) is 0 Å². The number of benzene rings is 1. The molecule has 1 fully saturated rings. The second-order valence-corrected chi connectivity index (χ2v) is 6.28. The van der Waals surface area contributed by atoms with Crippen molar-refractivity contribution < 1.29 is 18.8 Å². The maximum atomic E-state index is 13.0. The zero-order valence-electron chi connectivity index (χ0n) is 13.8. The molecule has 2 aromatic rings. The van der Waals surface area contributed by atoms with E-state index >= 15 is 0 Å². The van der Waals surface area contributed by atoms with Crippen LogP contribution < -0.4 is 10.1 Å². The minimum atomic E-state index is -0.220. The smallest absolute Gasteiger partial charge is 0.262 e. The number of aryl methyl sites for hydroxylation is 1. The molecule has 3 heterocycles. The third-order valence-electron chi connectivity index (χ3n) is 4.48. The summed E-state index contributed by atoms with van der Waals surface area (Å²) in [6, 6.07) is 5.19. The summed E-state index contributed by atoms with van der Waals surface area (Å²) in [5.74, 6) is 1.34. The first-order valence-electron chi connectivity index (χ1n) is 8.27. The summed E-state index contributed by atoms with van der Waals surface area (Å²) >= 11 is 0. The molecule has 1 N–H and O–H groups in total. The van der Waals surface area contributed by atoms with Gasteiger partial charge >= 0.3 is 0 Å². The first-order chi connectivity index (χ1) is 12.1. The normalized spacial score (nSPS) is 19.8. The minimum absolute atomic E-state index is 0.0651. The molecule has 0 spiro atoms. The van der Waals surface area contributed by atoms with E-state index in [9.17, 15) is 9.59 Å². The maximum absolute atomic E-state index is 13.0. The second-order valence-electron chi connectivity index (χ2n) is 6.28. The Morgan fingerprint density at radius 2 is 2.28 bits per heavy atom. The molecule has 4 rings (SSSR count). The Morgan fingerprint density at radius 1 is 1.40 bits per heavy atom. The Bertz CT molecular complexity index is 832. The largest absolute Gasteiger partial charge is 0.481 e. The Labute approximate surface area is 144 Å². The van der Waals surface area contributed by atoms with Gasteiger partial charge < -0.3 is 19.5 Å². The molecule has 2 aliphatic rings. The summed E-state index contributed by atoms with van der Waals surface area (Å²) in [6.45, 7) is 2.88. The van der Waals surface area contributed by atoms with Gasteiger partial charge in [-0.1, -0.05) is 11.2 Å². The van der Waals surface area contributed by atoms with Gasteiger partial charge in [0.1, 0.15) is 0 Å². The summed E-state index contributed by atoms with van der Waals surface area (Å²) < 4.78 is 10.6. The number of nitrogens with zero attached hydrogens (tertiary/aromatic N) is 3. The molecule has 0 unspecified atom stereocenters. The van der Waals surface area contributed by atoms with Crippen LogP contribution in [0.5, 0.6) is 5.75 Å². The van der Waals surface area contributed by atoms with E-state index in [1.165, 1.54) is 0 Å². The van der Waals surface area contributed by atoms with Crippen molar-refractivity contribution in [1.82, 2.24) is 15.0 Å². The molecule has 8 heteroatoms. The fourth-order valence-corrected chi connectivity index (χ4v) is 3.31. The lowest BCUT2D eigenvalue weighted by Crippen LogP contribution is -2.40. The van der Waals surface area contributed by atoms with Gasteiger partial charge in [-0.15, -0.1) is 0 Å². The third-order valence-corrected chi connectivity index (χ3v) is 4.48. The van der Waals surface area contributed by atoms with E-state index in [1.54, 1.807) is 30.0 Å². The van der Waals surface area contributed by atoms with Gasteiger partial charge in [-0.3, -0.25) is 9.59 Å². The fraction of sp³-hybridized carbons (Fsp3) is 0.412. The first-order valence-corrected chi connectivity index (χ1v) is 8.27. The van der Waals surface area contributed by atoms with Crippen LogP contribution in [0.3, 0.4) is 0 Å². The van der Waals surface area contributed by atoms with Crippen LogP contribution in [0, 0.1) is 6.92 Å². The molecule has 1 saturated heterocycles. The molecule has 1 aromatic heterocycles.